The van der Waals surface area contributed by atoms with Crippen LogP contribution in [0.3, 0.4) is 0 Å². The Labute approximate surface area is 144 Å². The minimum atomic E-state index is -0.0196. The van der Waals surface area contributed by atoms with Crippen LogP contribution in [0.15, 0.2) is 41.6 Å². The standard InChI is InChI=1S/C17H18N4O2S/c22-16-11-24-15-5-4-12(9-14(15)19-16)17(23)20-7-1-3-13(10-20)21-8-2-6-18-21/h2,4-6,8-9,13H,1,3,7,10-11H2,(H,19,22)/t13-/m0/s1. The van der Waals surface area contributed by atoms with E-state index in [9.17, 15) is 9.59 Å². The van der Waals surface area contributed by atoms with Crippen LogP contribution in [0.5, 0.6) is 0 Å². The largest absolute Gasteiger partial charge is 0.337 e. The second-order valence-corrected chi connectivity index (χ2v) is 7.10. The van der Waals surface area contributed by atoms with Crippen LogP contribution in [-0.2, 0) is 4.79 Å². The van der Waals surface area contributed by atoms with Gasteiger partial charge in [0.15, 0.2) is 0 Å². The van der Waals surface area contributed by atoms with Gasteiger partial charge in [-0.25, -0.2) is 0 Å². The van der Waals surface area contributed by atoms with Crippen molar-refractivity contribution in [2.45, 2.75) is 23.8 Å². The van der Waals surface area contributed by atoms with Gasteiger partial charge in [0.05, 0.1) is 17.5 Å². The molecule has 2 aliphatic rings. The van der Waals surface area contributed by atoms with E-state index in [1.54, 1.807) is 12.3 Å². The van der Waals surface area contributed by atoms with E-state index in [1.807, 2.05) is 34.0 Å². The Morgan fingerprint density at radius 2 is 2.29 bits per heavy atom. The van der Waals surface area contributed by atoms with Gasteiger partial charge in [0, 0.05) is 35.9 Å². The zero-order valence-electron chi connectivity index (χ0n) is 13.1. The van der Waals surface area contributed by atoms with Crippen molar-refractivity contribution in [3.8, 4) is 0 Å². The second kappa shape index (κ2) is 6.32. The Balaban J connectivity index is 1.53. The zero-order valence-corrected chi connectivity index (χ0v) is 14.0. The molecule has 6 nitrogen and oxygen atoms in total. The molecule has 0 saturated carbocycles. The molecule has 1 N–H and O–H groups in total. The van der Waals surface area contributed by atoms with Gasteiger partial charge in [0.1, 0.15) is 0 Å². The van der Waals surface area contributed by atoms with Crippen molar-refractivity contribution in [1.29, 1.82) is 0 Å². The number of hydrogen-bond donors (Lipinski definition) is 1. The van der Waals surface area contributed by atoms with Gasteiger partial charge in [-0.3, -0.25) is 14.3 Å². The quantitative estimate of drug-likeness (QED) is 0.910. The lowest BCUT2D eigenvalue weighted by molar-refractivity contribution is -0.113. The summed E-state index contributed by atoms with van der Waals surface area (Å²) >= 11 is 1.50. The summed E-state index contributed by atoms with van der Waals surface area (Å²) in [5, 5.41) is 7.15. The monoisotopic (exact) mass is 342 g/mol. The van der Waals surface area contributed by atoms with E-state index in [2.05, 4.69) is 10.4 Å². The maximum absolute atomic E-state index is 12.9. The number of amides is 2. The number of carbonyl (C=O) groups excluding carboxylic acids is 2. The van der Waals surface area contributed by atoms with E-state index in [4.69, 9.17) is 0 Å². The fourth-order valence-corrected chi connectivity index (χ4v) is 4.04. The third-order valence-corrected chi connectivity index (χ3v) is 5.52. The fourth-order valence-electron chi connectivity index (χ4n) is 3.25. The van der Waals surface area contributed by atoms with Gasteiger partial charge in [0.25, 0.3) is 5.91 Å². The molecule has 1 atom stereocenters. The molecule has 0 spiro atoms. The van der Waals surface area contributed by atoms with Gasteiger partial charge in [-0.05, 0) is 37.1 Å². The highest BCUT2D eigenvalue weighted by Gasteiger charge is 2.26. The predicted octanol–water partition coefficient (Wildman–Crippen LogP) is 2.40. The first-order valence-corrected chi connectivity index (χ1v) is 9.04. The lowest BCUT2D eigenvalue weighted by Gasteiger charge is -2.33. The van der Waals surface area contributed by atoms with Crippen LogP contribution in [0.1, 0.15) is 29.2 Å². The average Bonchev–Trinajstić information content (AvgIpc) is 3.15. The number of rotatable bonds is 2. The molecule has 0 unspecified atom stereocenters. The molecule has 2 amide bonds. The van der Waals surface area contributed by atoms with Crippen molar-refractivity contribution < 1.29 is 9.59 Å². The first-order valence-electron chi connectivity index (χ1n) is 8.06. The molecule has 1 saturated heterocycles. The number of benzene rings is 1. The maximum atomic E-state index is 12.9. The van der Waals surface area contributed by atoms with Crippen LogP contribution in [0.2, 0.25) is 0 Å². The van der Waals surface area contributed by atoms with Gasteiger partial charge in [0.2, 0.25) is 5.91 Å². The number of piperidine rings is 1. The minimum Gasteiger partial charge on any atom is -0.337 e. The number of likely N-dealkylation sites (tertiary alicyclic amines) is 1. The van der Waals surface area contributed by atoms with Crippen LogP contribution in [0.4, 0.5) is 5.69 Å². The second-order valence-electron chi connectivity index (χ2n) is 6.08. The molecular formula is C17H18N4O2S. The molecule has 0 radical (unpaired) electrons. The smallest absolute Gasteiger partial charge is 0.254 e. The van der Waals surface area contributed by atoms with Crippen LogP contribution < -0.4 is 5.32 Å². The third kappa shape index (κ3) is 2.91. The summed E-state index contributed by atoms with van der Waals surface area (Å²) in [5.41, 5.74) is 1.36. The van der Waals surface area contributed by atoms with E-state index < -0.39 is 0 Å². The topological polar surface area (TPSA) is 67.2 Å². The Kier molecular flexibility index (Phi) is 4.02. The molecule has 2 aliphatic heterocycles. The predicted molar refractivity (Wildman–Crippen MR) is 92.2 cm³/mol. The maximum Gasteiger partial charge on any atom is 0.254 e. The Morgan fingerprint density at radius 1 is 1.38 bits per heavy atom. The number of hydrogen-bond acceptors (Lipinski definition) is 4. The van der Waals surface area contributed by atoms with Crippen LogP contribution >= 0.6 is 11.8 Å². The zero-order chi connectivity index (χ0) is 16.5. The highest BCUT2D eigenvalue weighted by Crippen LogP contribution is 2.32. The molecule has 1 aromatic carbocycles. The van der Waals surface area contributed by atoms with Gasteiger partial charge in [-0.15, -0.1) is 11.8 Å². The highest BCUT2D eigenvalue weighted by atomic mass is 32.2. The van der Waals surface area contributed by atoms with Gasteiger partial charge < -0.3 is 10.2 Å². The molecule has 0 aliphatic carbocycles. The third-order valence-electron chi connectivity index (χ3n) is 4.44. The summed E-state index contributed by atoms with van der Waals surface area (Å²) in [4.78, 5) is 27.3. The Bertz CT molecular complexity index is 775. The first-order chi connectivity index (χ1) is 11.7. The van der Waals surface area contributed by atoms with Crippen molar-refractivity contribution in [3.05, 3.63) is 42.2 Å². The molecule has 7 heteroatoms. The summed E-state index contributed by atoms with van der Waals surface area (Å²) in [5.74, 6) is 0.422. The van der Waals surface area contributed by atoms with Crippen LogP contribution in [0.25, 0.3) is 0 Å². The number of nitrogens with one attached hydrogen (secondary N) is 1. The number of anilines is 1. The average molecular weight is 342 g/mol. The normalized spacial score (nSPS) is 20.4. The van der Waals surface area contributed by atoms with E-state index in [-0.39, 0.29) is 17.9 Å². The molecule has 24 heavy (non-hydrogen) atoms. The molecular weight excluding hydrogens is 324 g/mol. The molecule has 124 valence electrons. The molecule has 3 heterocycles. The van der Waals surface area contributed by atoms with Crippen LogP contribution in [-0.4, -0.2) is 45.3 Å². The number of aromatic nitrogens is 2. The van der Waals surface area contributed by atoms with Gasteiger partial charge in [-0.1, -0.05) is 0 Å². The van der Waals surface area contributed by atoms with Crippen LogP contribution in [0, 0.1) is 0 Å². The van der Waals surface area contributed by atoms with Crippen molar-refractivity contribution in [2.75, 3.05) is 24.2 Å². The van der Waals surface area contributed by atoms with Crippen molar-refractivity contribution >= 4 is 29.3 Å². The molecule has 4 rings (SSSR count). The lowest BCUT2D eigenvalue weighted by Crippen LogP contribution is -2.40. The van der Waals surface area contributed by atoms with E-state index >= 15 is 0 Å². The van der Waals surface area contributed by atoms with E-state index in [0.717, 1.165) is 30.0 Å². The van der Waals surface area contributed by atoms with E-state index in [1.165, 1.54) is 11.8 Å². The molecule has 0 bridgehead atoms. The fraction of sp³-hybridized carbons (Fsp3) is 0.353. The number of fused-ring (bicyclic) bond motifs is 1. The van der Waals surface area contributed by atoms with Gasteiger partial charge in [-0.2, -0.15) is 5.10 Å². The first kappa shape index (κ1) is 15.3. The summed E-state index contributed by atoms with van der Waals surface area (Å²) in [6.45, 7) is 1.42. The SMILES string of the molecule is O=C1CSc2ccc(C(=O)N3CCC[C@H](n4cccn4)C3)cc2N1. The minimum absolute atomic E-state index is 0.0134. The Hall–Kier alpha value is -2.28. The van der Waals surface area contributed by atoms with E-state index in [0.29, 0.717) is 17.9 Å². The summed E-state index contributed by atoms with van der Waals surface area (Å²) in [6.07, 6.45) is 5.71. The summed E-state index contributed by atoms with van der Waals surface area (Å²) in [7, 11) is 0. The number of nitrogens with zero attached hydrogens (tertiary/aromatic N) is 3. The molecule has 2 aromatic rings. The number of thioether (sulfide) groups is 1. The number of carbonyl (C=O) groups is 2. The summed E-state index contributed by atoms with van der Waals surface area (Å²) in [6, 6.07) is 7.69. The molecule has 1 fully saturated rings. The van der Waals surface area contributed by atoms with Crippen molar-refractivity contribution in [2.24, 2.45) is 0 Å². The van der Waals surface area contributed by atoms with Gasteiger partial charge >= 0.3 is 0 Å². The highest BCUT2D eigenvalue weighted by molar-refractivity contribution is 8.00. The molecule has 1 aromatic heterocycles. The summed E-state index contributed by atoms with van der Waals surface area (Å²) < 4.78 is 1.93. The lowest BCUT2D eigenvalue weighted by atomic mass is 10.0. The van der Waals surface area contributed by atoms with Crippen molar-refractivity contribution in [3.63, 3.8) is 0 Å². The Morgan fingerprint density at radius 3 is 3.12 bits per heavy atom. The van der Waals surface area contributed by atoms with Crippen molar-refractivity contribution in [1.82, 2.24) is 14.7 Å².